The summed E-state index contributed by atoms with van der Waals surface area (Å²) in [5.74, 6) is 0. The summed E-state index contributed by atoms with van der Waals surface area (Å²) >= 11 is 0. The van der Waals surface area contributed by atoms with E-state index in [0.29, 0.717) is 0 Å². The number of benzene rings is 7. The van der Waals surface area contributed by atoms with Gasteiger partial charge in [0.05, 0.1) is 11.0 Å². The molecule has 0 spiro atoms. The first-order valence-corrected chi connectivity index (χ1v) is 16.8. The molecule has 8 aromatic rings. The minimum atomic E-state index is -0.123. The number of rotatable bonds is 2. The van der Waals surface area contributed by atoms with E-state index < -0.39 is 0 Å². The quantitative estimate of drug-likeness (QED) is 0.186. The van der Waals surface area contributed by atoms with Crippen LogP contribution < -0.4 is 0 Å². The molecule has 0 saturated carbocycles. The molecule has 1 aromatic heterocycles. The van der Waals surface area contributed by atoms with Crippen molar-refractivity contribution in [3.05, 3.63) is 162 Å². The van der Waals surface area contributed by atoms with Gasteiger partial charge in [-0.05, 0) is 91.2 Å². The zero-order valence-electron chi connectivity index (χ0n) is 27.2. The van der Waals surface area contributed by atoms with Gasteiger partial charge in [-0.15, -0.1) is 0 Å². The number of aromatic nitrogens is 1. The van der Waals surface area contributed by atoms with Crippen molar-refractivity contribution in [2.75, 3.05) is 0 Å². The smallest absolute Gasteiger partial charge is 0.0553 e. The van der Waals surface area contributed by atoms with E-state index in [0.717, 1.165) is 0 Å². The minimum absolute atomic E-state index is 0.0733. The Morgan fingerprint density at radius 1 is 0.426 bits per heavy atom. The molecule has 0 aliphatic heterocycles. The number of hydrogen-bond acceptors (Lipinski definition) is 0. The van der Waals surface area contributed by atoms with Crippen LogP contribution in [0.25, 0.3) is 71.6 Å². The third kappa shape index (κ3) is 3.44. The van der Waals surface area contributed by atoms with Crippen molar-refractivity contribution < 1.29 is 0 Å². The van der Waals surface area contributed by atoms with Crippen LogP contribution in [0.1, 0.15) is 49.9 Å². The molecule has 0 bridgehead atoms. The van der Waals surface area contributed by atoms with Gasteiger partial charge in [-0.3, -0.25) is 0 Å². The van der Waals surface area contributed by atoms with Crippen molar-refractivity contribution in [2.24, 2.45) is 0 Å². The van der Waals surface area contributed by atoms with Crippen LogP contribution in [0.2, 0.25) is 0 Å². The summed E-state index contributed by atoms with van der Waals surface area (Å²) in [5.41, 5.74) is 17.1. The Labute approximate surface area is 275 Å². The van der Waals surface area contributed by atoms with Crippen LogP contribution in [-0.4, -0.2) is 4.57 Å². The van der Waals surface area contributed by atoms with Crippen LogP contribution in [0, 0.1) is 0 Å². The summed E-state index contributed by atoms with van der Waals surface area (Å²) in [4.78, 5) is 0. The molecule has 1 heterocycles. The molecular formula is C46H35N. The summed E-state index contributed by atoms with van der Waals surface area (Å²) < 4.78 is 2.52. The standard InChI is InChI=1S/C46H35N/c1-45(2)36-18-10-8-16-34(36)44-42-30(15-12-19-37(42)45)26-41-43(44)35-17-9-11-20-40(35)47(41)31-22-24-33-32-23-21-29(28-13-6-5-7-14-28)25-38(32)46(3,4)39(33)27-31/h5-27H,1-4H3. The molecule has 0 amide bonds. The third-order valence-corrected chi connectivity index (χ3v) is 11.4. The molecule has 2 aliphatic carbocycles. The lowest BCUT2D eigenvalue weighted by atomic mass is 9.68. The molecule has 0 atom stereocenters. The molecule has 47 heavy (non-hydrogen) atoms. The fourth-order valence-corrected chi connectivity index (χ4v) is 9.04. The zero-order valence-corrected chi connectivity index (χ0v) is 27.2. The minimum Gasteiger partial charge on any atom is -0.309 e. The van der Waals surface area contributed by atoms with Gasteiger partial charge >= 0.3 is 0 Å². The normalized spacial score (nSPS) is 15.1. The summed E-state index contributed by atoms with van der Waals surface area (Å²) in [6.07, 6.45) is 0. The van der Waals surface area contributed by atoms with Gasteiger partial charge in [0, 0.05) is 32.9 Å². The van der Waals surface area contributed by atoms with Crippen LogP contribution in [0.3, 0.4) is 0 Å². The van der Waals surface area contributed by atoms with Crippen molar-refractivity contribution in [3.8, 4) is 39.1 Å². The maximum Gasteiger partial charge on any atom is 0.0553 e. The third-order valence-electron chi connectivity index (χ3n) is 11.4. The van der Waals surface area contributed by atoms with Crippen LogP contribution in [-0.2, 0) is 10.8 Å². The molecular weight excluding hydrogens is 567 g/mol. The lowest BCUT2D eigenvalue weighted by molar-refractivity contribution is 0.645. The molecule has 224 valence electrons. The number of nitrogens with zero attached hydrogens (tertiary/aromatic N) is 1. The Bertz CT molecular complexity index is 2610. The largest absolute Gasteiger partial charge is 0.309 e. The van der Waals surface area contributed by atoms with E-state index in [-0.39, 0.29) is 10.8 Å². The summed E-state index contributed by atoms with van der Waals surface area (Å²) in [7, 11) is 0. The molecule has 1 heteroatoms. The van der Waals surface area contributed by atoms with Gasteiger partial charge in [-0.1, -0.05) is 137 Å². The average Bonchev–Trinajstić information content (AvgIpc) is 3.54. The molecule has 0 unspecified atom stereocenters. The van der Waals surface area contributed by atoms with Gasteiger partial charge in [0.25, 0.3) is 0 Å². The first-order valence-electron chi connectivity index (χ1n) is 16.8. The molecule has 0 radical (unpaired) electrons. The Hall–Kier alpha value is -5.40. The topological polar surface area (TPSA) is 4.93 Å². The molecule has 10 rings (SSSR count). The van der Waals surface area contributed by atoms with Gasteiger partial charge in [-0.25, -0.2) is 0 Å². The number of hydrogen-bond donors (Lipinski definition) is 0. The van der Waals surface area contributed by atoms with Crippen molar-refractivity contribution >= 4 is 32.6 Å². The maximum atomic E-state index is 2.52. The second-order valence-corrected chi connectivity index (χ2v) is 14.6. The van der Waals surface area contributed by atoms with Gasteiger partial charge in [0.15, 0.2) is 0 Å². The average molecular weight is 602 g/mol. The van der Waals surface area contributed by atoms with Crippen molar-refractivity contribution in [3.63, 3.8) is 0 Å². The van der Waals surface area contributed by atoms with Gasteiger partial charge < -0.3 is 4.57 Å². The van der Waals surface area contributed by atoms with Gasteiger partial charge in [0.1, 0.15) is 0 Å². The van der Waals surface area contributed by atoms with E-state index >= 15 is 0 Å². The predicted octanol–water partition coefficient (Wildman–Crippen LogP) is 12.2. The second kappa shape index (κ2) is 9.11. The Morgan fingerprint density at radius 2 is 1.11 bits per heavy atom. The van der Waals surface area contributed by atoms with Gasteiger partial charge in [0.2, 0.25) is 0 Å². The molecule has 2 aliphatic rings. The summed E-state index contributed by atoms with van der Waals surface area (Å²) in [5, 5.41) is 5.35. The monoisotopic (exact) mass is 601 g/mol. The Kier molecular flexibility index (Phi) is 5.19. The van der Waals surface area contributed by atoms with E-state index in [1.165, 1.54) is 93.9 Å². The van der Waals surface area contributed by atoms with E-state index in [2.05, 4.69) is 172 Å². The lowest BCUT2D eigenvalue weighted by Crippen LogP contribution is -2.23. The first-order chi connectivity index (χ1) is 22.8. The van der Waals surface area contributed by atoms with Crippen molar-refractivity contribution in [1.82, 2.24) is 4.57 Å². The highest BCUT2D eigenvalue weighted by molar-refractivity contribution is 6.24. The second-order valence-electron chi connectivity index (χ2n) is 14.6. The van der Waals surface area contributed by atoms with E-state index in [1.54, 1.807) is 0 Å². The van der Waals surface area contributed by atoms with Crippen LogP contribution in [0.5, 0.6) is 0 Å². The first kappa shape index (κ1) is 26.8. The highest BCUT2D eigenvalue weighted by Gasteiger charge is 2.37. The summed E-state index contributed by atoms with van der Waals surface area (Å²) in [6.45, 7) is 9.54. The highest BCUT2D eigenvalue weighted by Crippen LogP contribution is 2.54. The fourth-order valence-electron chi connectivity index (χ4n) is 9.04. The summed E-state index contributed by atoms with van der Waals surface area (Å²) in [6, 6.07) is 52.3. The van der Waals surface area contributed by atoms with E-state index in [4.69, 9.17) is 0 Å². The predicted molar refractivity (Wildman–Crippen MR) is 199 cm³/mol. The van der Waals surface area contributed by atoms with Crippen LogP contribution in [0.4, 0.5) is 0 Å². The molecule has 0 N–H and O–H groups in total. The zero-order chi connectivity index (χ0) is 31.7. The molecule has 7 aromatic carbocycles. The number of fused-ring (bicyclic) bond motifs is 9. The maximum absolute atomic E-state index is 2.52. The SMILES string of the molecule is CC1(C)c2cc(-c3ccccc3)ccc2-c2ccc(-n3c4ccccc4c4c5c6c(cccc6cc43)C(C)(C)c3ccccc3-5)cc21. The number of para-hydroxylation sites is 1. The Morgan fingerprint density at radius 3 is 1.96 bits per heavy atom. The van der Waals surface area contributed by atoms with Crippen LogP contribution >= 0.6 is 0 Å². The van der Waals surface area contributed by atoms with E-state index in [9.17, 15) is 0 Å². The van der Waals surface area contributed by atoms with Crippen molar-refractivity contribution in [1.29, 1.82) is 0 Å². The molecule has 0 saturated heterocycles. The van der Waals surface area contributed by atoms with Crippen molar-refractivity contribution in [2.45, 2.75) is 38.5 Å². The molecule has 1 nitrogen and oxygen atoms in total. The fraction of sp³-hybridized carbons (Fsp3) is 0.130. The highest BCUT2D eigenvalue weighted by atomic mass is 15.0. The molecule has 0 fully saturated rings. The van der Waals surface area contributed by atoms with Gasteiger partial charge in [-0.2, -0.15) is 0 Å². The lowest BCUT2D eigenvalue weighted by Gasteiger charge is -2.35. The van der Waals surface area contributed by atoms with Crippen LogP contribution in [0.15, 0.2) is 140 Å². The Balaban J connectivity index is 1.25. The van der Waals surface area contributed by atoms with E-state index in [1.807, 2.05) is 0 Å².